The summed E-state index contributed by atoms with van der Waals surface area (Å²) in [5.41, 5.74) is 6.87. The molecule has 0 bridgehead atoms. The average molecular weight is 482 g/mol. The average Bonchev–Trinajstić information content (AvgIpc) is 3.68. The summed E-state index contributed by atoms with van der Waals surface area (Å²) in [6.45, 7) is 6.71. The van der Waals surface area contributed by atoms with E-state index in [0.29, 0.717) is 17.0 Å². The number of nitrogens with zero attached hydrogens (tertiary/aromatic N) is 3. The van der Waals surface area contributed by atoms with E-state index in [1.807, 2.05) is 17.0 Å². The normalized spacial score (nSPS) is 19.3. The number of aromatic nitrogens is 3. The van der Waals surface area contributed by atoms with E-state index >= 15 is 0 Å². The van der Waals surface area contributed by atoms with Crippen molar-refractivity contribution >= 4 is 32.4 Å². The van der Waals surface area contributed by atoms with Gasteiger partial charge in [-0.05, 0) is 74.2 Å². The second-order valence-electron chi connectivity index (χ2n) is 10.3. The van der Waals surface area contributed by atoms with Crippen molar-refractivity contribution in [3.05, 3.63) is 80.4 Å². The Balaban J connectivity index is 1.51. The summed E-state index contributed by atoms with van der Waals surface area (Å²) < 4.78 is 1.83. The topological polar surface area (TPSA) is 61.9 Å². The van der Waals surface area contributed by atoms with Gasteiger partial charge < -0.3 is 9.71 Å². The maximum absolute atomic E-state index is 12.7. The van der Waals surface area contributed by atoms with Crippen molar-refractivity contribution in [1.82, 2.24) is 15.0 Å². The molecule has 0 spiro atoms. The molecule has 1 aromatic carbocycles. The van der Waals surface area contributed by atoms with Gasteiger partial charge in [-0.1, -0.05) is 61.4 Å². The number of H-pyrrole nitrogens is 1. The van der Waals surface area contributed by atoms with Crippen molar-refractivity contribution in [2.75, 3.05) is 11.0 Å². The first-order valence-electron chi connectivity index (χ1n) is 12.6. The fourth-order valence-electron chi connectivity index (χ4n) is 5.52. The molecule has 1 saturated carbocycles. The summed E-state index contributed by atoms with van der Waals surface area (Å²) in [6.07, 6.45) is 6.71. The van der Waals surface area contributed by atoms with Crippen LogP contribution >= 0.6 is 11.8 Å². The monoisotopic (exact) mass is 482 g/mol. The highest BCUT2D eigenvalue weighted by Gasteiger charge is 2.37. The third kappa shape index (κ3) is 4.95. The number of fused-ring (bicyclic) bond motifs is 1. The highest BCUT2D eigenvalue weighted by Crippen LogP contribution is 2.47. The lowest BCUT2D eigenvalue weighted by atomic mass is 9.56. The molecule has 8 heteroatoms. The van der Waals surface area contributed by atoms with E-state index < -0.39 is 0 Å². The van der Waals surface area contributed by atoms with Crippen LogP contribution in [0.1, 0.15) is 65.2 Å². The minimum Gasteiger partial charge on any atom is -0.454 e. The number of aryl methyl sites for hydroxylation is 1. The Morgan fingerprint density at radius 3 is 2.63 bits per heavy atom. The van der Waals surface area contributed by atoms with E-state index in [4.69, 9.17) is 17.9 Å². The number of aromatic amines is 1. The Bertz CT molecular complexity index is 1280. The van der Waals surface area contributed by atoms with Crippen molar-refractivity contribution in [2.45, 2.75) is 69.7 Å². The zero-order chi connectivity index (χ0) is 24.7. The van der Waals surface area contributed by atoms with Crippen molar-refractivity contribution in [3.8, 4) is 0 Å². The van der Waals surface area contributed by atoms with E-state index in [1.165, 1.54) is 41.3 Å². The predicted octanol–water partition coefficient (Wildman–Crippen LogP) is 4.88. The summed E-state index contributed by atoms with van der Waals surface area (Å²) in [6, 6.07) is 12.6. The smallest absolute Gasteiger partial charge is 0.254 e. The number of hydrogen-bond donors (Lipinski definition) is 1. The van der Waals surface area contributed by atoms with Crippen LogP contribution in [0.4, 0.5) is 5.82 Å². The van der Waals surface area contributed by atoms with E-state index in [0.717, 1.165) is 41.9 Å². The van der Waals surface area contributed by atoms with Gasteiger partial charge in [0.2, 0.25) is 14.8 Å². The first kappa shape index (κ1) is 24.2. The molecule has 2 aromatic heterocycles. The van der Waals surface area contributed by atoms with Gasteiger partial charge in [-0.15, -0.1) is 0 Å². The molecule has 2 heterocycles. The second kappa shape index (κ2) is 9.88. The summed E-state index contributed by atoms with van der Waals surface area (Å²) >= 11 is 1.48. The van der Waals surface area contributed by atoms with Gasteiger partial charge in [-0.2, -0.15) is 0 Å². The molecule has 35 heavy (non-hydrogen) atoms. The van der Waals surface area contributed by atoms with E-state index in [9.17, 15) is 4.79 Å². The van der Waals surface area contributed by atoms with Crippen LogP contribution < -0.4 is 10.3 Å². The lowest BCUT2D eigenvalue weighted by molar-refractivity contribution is 0.406. The number of benzene rings is 1. The van der Waals surface area contributed by atoms with Gasteiger partial charge in [0, 0.05) is 11.5 Å². The van der Waals surface area contributed by atoms with E-state index in [-0.39, 0.29) is 18.3 Å². The molecule has 0 aliphatic heterocycles. The molecule has 2 aliphatic rings. The van der Waals surface area contributed by atoms with Crippen LogP contribution in [0.15, 0.2) is 46.3 Å². The van der Waals surface area contributed by atoms with Crippen molar-refractivity contribution in [3.63, 3.8) is 0 Å². The molecule has 2 atom stereocenters. The number of thioether (sulfide) groups is 1. The van der Waals surface area contributed by atoms with Gasteiger partial charge in [0.05, 0.1) is 11.4 Å². The predicted molar refractivity (Wildman–Crippen MR) is 147 cm³/mol. The number of nitrogens with one attached hydrogen (secondary N) is 1. The molecule has 3 aromatic rings. The van der Waals surface area contributed by atoms with Gasteiger partial charge in [0.25, 0.3) is 5.56 Å². The third-order valence-electron chi connectivity index (χ3n) is 7.63. The summed E-state index contributed by atoms with van der Waals surface area (Å²) in [5.74, 6) is 1.94. The molecule has 1 N–H and O–H groups in total. The van der Waals surface area contributed by atoms with Gasteiger partial charge >= 0.3 is 0 Å². The van der Waals surface area contributed by atoms with E-state index in [1.54, 1.807) is 0 Å². The number of anilines is 1. The highest BCUT2D eigenvalue weighted by atomic mass is 32.2. The molecule has 2 aliphatic carbocycles. The minimum atomic E-state index is 0.00725. The molecule has 0 saturated heterocycles. The maximum atomic E-state index is 12.7. The van der Waals surface area contributed by atoms with Crippen molar-refractivity contribution in [2.24, 2.45) is 5.92 Å². The fraction of sp³-hybridized carbons (Fsp3) is 0.444. The third-order valence-corrected chi connectivity index (χ3v) is 8.21. The van der Waals surface area contributed by atoms with Crippen LogP contribution in [0.25, 0.3) is 0 Å². The Hall–Kier alpha value is -2.47. The Morgan fingerprint density at radius 2 is 1.94 bits per heavy atom. The molecule has 0 amide bonds. The van der Waals surface area contributed by atoms with Crippen LogP contribution in [0.3, 0.4) is 0 Å². The minimum absolute atomic E-state index is 0.00725. The quantitative estimate of drug-likeness (QED) is 0.296. The van der Waals surface area contributed by atoms with Crippen molar-refractivity contribution in [1.29, 1.82) is 0 Å². The van der Waals surface area contributed by atoms with Crippen LogP contribution in [0.2, 0.25) is 6.82 Å². The molecule has 2 unspecified atom stereocenters. The molecule has 1 fully saturated rings. The largest absolute Gasteiger partial charge is 0.454 e. The molecule has 5 rings (SSSR count). The molecule has 178 valence electrons. The van der Waals surface area contributed by atoms with Gasteiger partial charge in [0.15, 0.2) is 5.16 Å². The zero-order valence-electron chi connectivity index (χ0n) is 21.0. The summed E-state index contributed by atoms with van der Waals surface area (Å²) in [4.78, 5) is 25.7. The number of pyridine rings is 1. The van der Waals surface area contributed by atoms with Crippen molar-refractivity contribution < 1.29 is 0 Å². The standard InChI is InChI=1S/C27H32B2N4OS/c1-16-12-21-22(30-27(35-4)32-26(21)34)14-20(16)25-24(19-10-11-19)17(2)13-23(31-25)33(28)29(3)15-18-8-6-5-7-9-18/h5-9,13,16,19-20H,10-12,14-15H2,1-4H3,(H,30,32,34). The Morgan fingerprint density at radius 1 is 1.20 bits per heavy atom. The lowest BCUT2D eigenvalue weighted by Crippen LogP contribution is -2.38. The van der Waals surface area contributed by atoms with Gasteiger partial charge in [-0.25, -0.2) is 9.97 Å². The molecule has 2 radical (unpaired) electrons. The Kier molecular flexibility index (Phi) is 6.84. The van der Waals surface area contributed by atoms with E-state index in [2.05, 4.69) is 56.0 Å². The second-order valence-corrected chi connectivity index (χ2v) is 11.1. The van der Waals surface area contributed by atoms with Gasteiger partial charge in [-0.3, -0.25) is 4.79 Å². The zero-order valence-corrected chi connectivity index (χ0v) is 21.9. The summed E-state index contributed by atoms with van der Waals surface area (Å²) in [7, 11) is 6.67. The number of hydrogen-bond acceptors (Lipinski definition) is 5. The Labute approximate surface area is 214 Å². The molecule has 5 nitrogen and oxygen atoms in total. The van der Waals surface area contributed by atoms with Gasteiger partial charge in [0.1, 0.15) is 5.82 Å². The molecular formula is C27H32B2N4OS. The fourth-order valence-corrected chi connectivity index (χ4v) is 5.92. The summed E-state index contributed by atoms with van der Waals surface area (Å²) in [5, 5.41) is 0.685. The first-order chi connectivity index (χ1) is 16.9. The SMILES string of the molecule is [B]N(B(C)Cc1ccccc1)c1cc(C)c(C2CC2)c(C2Cc3nc(SC)[nH]c(=O)c3CC2C)n1. The number of rotatable bonds is 7. The van der Waals surface area contributed by atoms with Crippen LogP contribution in [0, 0.1) is 12.8 Å². The lowest BCUT2D eigenvalue weighted by Gasteiger charge is -2.33. The van der Waals surface area contributed by atoms with Crippen LogP contribution in [-0.2, 0) is 19.2 Å². The van der Waals surface area contributed by atoms with Crippen LogP contribution in [0.5, 0.6) is 0 Å². The van der Waals surface area contributed by atoms with Crippen LogP contribution in [-0.4, -0.2) is 36.0 Å². The highest BCUT2D eigenvalue weighted by molar-refractivity contribution is 7.98. The molecular weight excluding hydrogens is 450 g/mol. The maximum Gasteiger partial charge on any atom is 0.254 e. The first-order valence-corrected chi connectivity index (χ1v) is 13.8.